The highest BCUT2D eigenvalue weighted by atomic mass is 32.2. The molecule has 0 N–H and O–H groups in total. The first-order valence-corrected chi connectivity index (χ1v) is 14.9. The van der Waals surface area contributed by atoms with Crippen LogP contribution >= 0.6 is 0 Å². The Morgan fingerprint density at radius 2 is 1.90 bits per heavy atom. The zero-order chi connectivity index (χ0) is 29.3. The maximum absolute atomic E-state index is 15.8. The van der Waals surface area contributed by atoms with Crippen LogP contribution in [-0.4, -0.2) is 71.8 Å². The summed E-state index contributed by atoms with van der Waals surface area (Å²) in [6.45, 7) is 0.374. The van der Waals surface area contributed by atoms with Crippen molar-refractivity contribution in [1.82, 2.24) is 19.7 Å². The number of aromatic nitrogens is 3. The molecule has 0 spiro atoms. The van der Waals surface area contributed by atoms with Gasteiger partial charge in [0.1, 0.15) is 6.33 Å². The van der Waals surface area contributed by atoms with Crippen molar-refractivity contribution in [3.63, 3.8) is 0 Å². The molecule has 9 nitrogen and oxygen atoms in total. The van der Waals surface area contributed by atoms with Crippen molar-refractivity contribution >= 4 is 21.4 Å². The smallest absolute Gasteiger partial charge is 0.379 e. The molecule has 4 heterocycles. The molecule has 2 saturated heterocycles. The molecular weight excluding hydrogens is 566 g/mol. The second-order valence-corrected chi connectivity index (χ2v) is 13.4. The molecule has 2 aromatic carbocycles. The van der Waals surface area contributed by atoms with Crippen LogP contribution in [0.15, 0.2) is 42.7 Å². The third-order valence-corrected chi connectivity index (χ3v) is 9.76. The van der Waals surface area contributed by atoms with Gasteiger partial charge in [0.25, 0.3) is 5.91 Å². The van der Waals surface area contributed by atoms with E-state index >= 15 is 4.39 Å². The first kappa shape index (κ1) is 27.8. The van der Waals surface area contributed by atoms with Crippen LogP contribution in [0.3, 0.4) is 0 Å². The highest BCUT2D eigenvalue weighted by Crippen LogP contribution is 2.47. The van der Waals surface area contributed by atoms with Crippen molar-refractivity contribution in [3.05, 3.63) is 76.4 Å². The van der Waals surface area contributed by atoms with Gasteiger partial charge in [0.15, 0.2) is 21.8 Å². The van der Waals surface area contributed by atoms with Gasteiger partial charge >= 0.3 is 6.18 Å². The summed E-state index contributed by atoms with van der Waals surface area (Å²) in [5.41, 5.74) is -1.00. The number of hydrogen-bond donors (Lipinski definition) is 0. The Balaban J connectivity index is 1.30. The molecule has 0 unspecified atom stereocenters. The number of nitrogens with zero attached hydrogens (tertiary/aromatic N) is 5. The number of sulfone groups is 1. The molecule has 218 valence electrons. The van der Waals surface area contributed by atoms with Crippen molar-refractivity contribution in [2.24, 2.45) is 7.05 Å². The minimum absolute atomic E-state index is 0.0513. The predicted octanol–water partition coefficient (Wildman–Crippen LogP) is 3.20. The summed E-state index contributed by atoms with van der Waals surface area (Å²) in [4.78, 5) is 16.5. The first-order chi connectivity index (χ1) is 19.3. The second-order valence-electron chi connectivity index (χ2n) is 11.1. The molecule has 0 saturated carbocycles. The third-order valence-electron chi connectivity index (χ3n) is 8.25. The van der Waals surface area contributed by atoms with Gasteiger partial charge in [-0.3, -0.25) is 9.69 Å². The van der Waals surface area contributed by atoms with Gasteiger partial charge in [0.05, 0.1) is 36.0 Å². The van der Waals surface area contributed by atoms with E-state index in [4.69, 9.17) is 4.74 Å². The monoisotopic (exact) mass is 593 g/mol. The van der Waals surface area contributed by atoms with Crippen LogP contribution in [0.5, 0.6) is 0 Å². The van der Waals surface area contributed by atoms with E-state index in [1.165, 1.54) is 21.9 Å². The summed E-state index contributed by atoms with van der Waals surface area (Å²) in [6, 6.07) is 9.07. The number of fused-ring (bicyclic) bond motifs is 1. The van der Waals surface area contributed by atoms with Gasteiger partial charge in [0.2, 0.25) is 0 Å². The number of likely N-dealkylation sites (tertiary alicyclic amines) is 1. The standard InChI is InChI=1S/C27H27F4N5O4S/c1-34-15-32-33-24(34)23(28)26(13-40-14-26)17-4-3-5-18(8-17)36-12-21-20(25(36)37)6-16(7-22(21)27(29,30)31)9-35-10-19(11-35)41(2,38)39/h3-8,15,19,23H,9-14H2,1-2H3/t23-/m1/s1. The SMILES string of the molecule is Cn1cnnc1[C@@H](F)C1(c2cccc(N3Cc4c(cc(CN5CC(S(C)(=O)=O)C5)cc4C(F)(F)F)C3=O)c2)COC1. The molecule has 3 aliphatic rings. The topological polar surface area (TPSA) is 97.6 Å². The minimum Gasteiger partial charge on any atom is -0.379 e. The van der Waals surface area contributed by atoms with Gasteiger partial charge in [-0.25, -0.2) is 12.8 Å². The van der Waals surface area contributed by atoms with Crippen molar-refractivity contribution in [2.45, 2.75) is 36.1 Å². The number of anilines is 1. The van der Waals surface area contributed by atoms with Crippen LogP contribution in [-0.2, 0) is 46.3 Å². The van der Waals surface area contributed by atoms with Crippen molar-refractivity contribution in [3.8, 4) is 0 Å². The van der Waals surface area contributed by atoms with Crippen molar-refractivity contribution in [2.75, 3.05) is 37.5 Å². The lowest BCUT2D eigenvalue weighted by Crippen LogP contribution is -2.53. The Morgan fingerprint density at radius 3 is 2.49 bits per heavy atom. The average Bonchev–Trinajstić information content (AvgIpc) is 3.42. The number of carbonyl (C=O) groups is 1. The van der Waals surface area contributed by atoms with E-state index < -0.39 is 44.3 Å². The largest absolute Gasteiger partial charge is 0.416 e. The van der Waals surface area contributed by atoms with E-state index in [1.54, 1.807) is 36.2 Å². The van der Waals surface area contributed by atoms with Gasteiger partial charge in [-0.15, -0.1) is 10.2 Å². The predicted molar refractivity (Wildman–Crippen MR) is 140 cm³/mol. The Hall–Kier alpha value is -3.36. The molecule has 14 heteroatoms. The molecule has 41 heavy (non-hydrogen) atoms. The fourth-order valence-electron chi connectivity index (χ4n) is 5.74. The lowest BCUT2D eigenvalue weighted by atomic mass is 9.74. The molecule has 0 bridgehead atoms. The third kappa shape index (κ3) is 4.71. The first-order valence-electron chi connectivity index (χ1n) is 12.9. The zero-order valence-electron chi connectivity index (χ0n) is 22.2. The Morgan fingerprint density at radius 1 is 1.17 bits per heavy atom. The number of aryl methyl sites for hydroxylation is 1. The lowest BCUT2D eigenvalue weighted by molar-refractivity contribution is -0.138. The Labute approximate surface area is 233 Å². The van der Waals surface area contributed by atoms with Crippen molar-refractivity contribution in [1.29, 1.82) is 0 Å². The number of alkyl halides is 4. The van der Waals surface area contributed by atoms with E-state index in [-0.39, 0.29) is 61.9 Å². The van der Waals surface area contributed by atoms with Crippen molar-refractivity contribution < 1.29 is 35.5 Å². The normalized spacial score (nSPS) is 20.0. The maximum atomic E-state index is 15.8. The summed E-state index contributed by atoms with van der Waals surface area (Å²) < 4.78 is 88.6. The molecule has 6 rings (SSSR count). The van der Waals surface area contributed by atoms with Crippen LogP contribution in [0.2, 0.25) is 0 Å². The molecule has 3 aromatic rings. The number of amides is 1. The minimum atomic E-state index is -4.70. The van der Waals surface area contributed by atoms with Crippen LogP contribution in [0.25, 0.3) is 0 Å². The highest BCUT2D eigenvalue weighted by molar-refractivity contribution is 7.91. The molecule has 1 atom stereocenters. The number of ether oxygens (including phenoxy) is 1. The summed E-state index contributed by atoms with van der Waals surface area (Å²) in [6.07, 6.45) is -3.73. The lowest BCUT2D eigenvalue weighted by Gasteiger charge is -2.43. The molecule has 0 aliphatic carbocycles. The Bertz CT molecular complexity index is 1630. The van der Waals surface area contributed by atoms with Gasteiger partial charge in [-0.05, 0) is 41.0 Å². The molecule has 0 radical (unpaired) electrons. The van der Waals surface area contributed by atoms with Gasteiger partial charge in [0, 0.05) is 44.2 Å². The Kier molecular flexibility index (Phi) is 6.51. The average molecular weight is 594 g/mol. The fraction of sp³-hybridized carbons (Fsp3) is 0.444. The van der Waals surface area contributed by atoms with E-state index in [0.717, 1.165) is 12.3 Å². The van der Waals surface area contributed by atoms with E-state index in [1.807, 2.05) is 0 Å². The summed E-state index contributed by atoms with van der Waals surface area (Å²) in [5.74, 6) is -0.470. The van der Waals surface area contributed by atoms with Crippen LogP contribution in [0, 0.1) is 0 Å². The summed E-state index contributed by atoms with van der Waals surface area (Å²) in [5, 5.41) is 7.10. The van der Waals surface area contributed by atoms with E-state index in [2.05, 4.69) is 10.2 Å². The van der Waals surface area contributed by atoms with E-state index in [0.29, 0.717) is 11.3 Å². The molecule has 1 aromatic heterocycles. The number of benzene rings is 2. The van der Waals surface area contributed by atoms with Crippen LogP contribution in [0.4, 0.5) is 23.2 Å². The van der Waals surface area contributed by atoms with Gasteiger partial charge in [-0.1, -0.05) is 12.1 Å². The number of hydrogen-bond acceptors (Lipinski definition) is 7. The number of carbonyl (C=O) groups excluding carboxylic acids is 1. The molecule has 3 aliphatic heterocycles. The molecule has 1 amide bonds. The molecule has 2 fully saturated rings. The number of halogens is 4. The second kappa shape index (κ2) is 9.60. The maximum Gasteiger partial charge on any atom is 0.416 e. The van der Waals surface area contributed by atoms with Gasteiger partial charge in [-0.2, -0.15) is 13.2 Å². The van der Waals surface area contributed by atoms with Crippen LogP contribution < -0.4 is 4.90 Å². The number of rotatable bonds is 7. The summed E-state index contributed by atoms with van der Waals surface area (Å²) in [7, 11) is -1.60. The highest BCUT2D eigenvalue weighted by Gasteiger charge is 2.51. The molecular formula is C27H27F4N5O4S. The fourth-order valence-corrected chi connectivity index (χ4v) is 6.70. The van der Waals surface area contributed by atoms with Gasteiger partial charge < -0.3 is 14.2 Å². The zero-order valence-corrected chi connectivity index (χ0v) is 23.0. The summed E-state index contributed by atoms with van der Waals surface area (Å²) >= 11 is 0. The van der Waals surface area contributed by atoms with E-state index in [9.17, 15) is 26.4 Å². The van der Waals surface area contributed by atoms with Crippen LogP contribution in [0.1, 0.15) is 44.6 Å². The quantitative estimate of drug-likeness (QED) is 0.388.